The summed E-state index contributed by atoms with van der Waals surface area (Å²) in [6.45, 7) is 4.61. The molecule has 0 aliphatic carbocycles. The highest BCUT2D eigenvalue weighted by Crippen LogP contribution is 2.29. The minimum Gasteiger partial charge on any atom is -0.336 e. The van der Waals surface area contributed by atoms with E-state index in [0.717, 1.165) is 15.8 Å². The third-order valence-corrected chi connectivity index (χ3v) is 4.73. The maximum Gasteiger partial charge on any atom is 0.270 e. The second-order valence-corrected chi connectivity index (χ2v) is 6.90. The molecule has 3 aromatic rings. The first kappa shape index (κ1) is 15.7. The molecule has 0 fully saturated rings. The summed E-state index contributed by atoms with van der Waals surface area (Å²) in [7, 11) is 1.78. The number of carbonyl (C=O) groups is 1. The van der Waals surface area contributed by atoms with E-state index in [1.54, 1.807) is 35.4 Å². The van der Waals surface area contributed by atoms with E-state index in [-0.39, 0.29) is 17.8 Å². The Balaban J connectivity index is 1.88. The van der Waals surface area contributed by atoms with Crippen LogP contribution < -0.4 is 0 Å². The zero-order valence-electron chi connectivity index (χ0n) is 13.4. The van der Waals surface area contributed by atoms with Gasteiger partial charge >= 0.3 is 0 Å². The molecule has 120 valence electrons. The molecule has 0 unspecified atom stereocenters. The Bertz CT molecular complexity index is 832. The topological polar surface area (TPSA) is 25.2 Å². The standard InChI is InChI=1S/C18H19FN2OS/c1-12(2)21-15-8-9-23-17(15)10-16(21)18(22)20(3)11-13-4-6-14(19)7-5-13/h4-10,12H,11H2,1-3H3. The summed E-state index contributed by atoms with van der Waals surface area (Å²) < 4.78 is 16.2. The number of aromatic nitrogens is 1. The van der Waals surface area contributed by atoms with Gasteiger partial charge in [0.05, 0.1) is 10.2 Å². The minimum atomic E-state index is -0.267. The first-order valence-corrected chi connectivity index (χ1v) is 8.43. The summed E-state index contributed by atoms with van der Waals surface area (Å²) in [5, 5.41) is 2.04. The molecule has 0 radical (unpaired) electrons. The van der Waals surface area contributed by atoms with Crippen LogP contribution in [0.3, 0.4) is 0 Å². The van der Waals surface area contributed by atoms with E-state index in [2.05, 4.69) is 24.5 Å². The van der Waals surface area contributed by atoms with Gasteiger partial charge in [0.2, 0.25) is 0 Å². The van der Waals surface area contributed by atoms with Crippen molar-refractivity contribution in [3.8, 4) is 0 Å². The van der Waals surface area contributed by atoms with E-state index in [1.165, 1.54) is 12.1 Å². The van der Waals surface area contributed by atoms with Gasteiger partial charge in [-0.2, -0.15) is 0 Å². The van der Waals surface area contributed by atoms with E-state index in [9.17, 15) is 9.18 Å². The van der Waals surface area contributed by atoms with Crippen molar-refractivity contribution in [2.75, 3.05) is 7.05 Å². The molecule has 0 saturated heterocycles. The van der Waals surface area contributed by atoms with Crippen molar-refractivity contribution in [3.05, 3.63) is 58.9 Å². The molecule has 2 aromatic heterocycles. The highest BCUT2D eigenvalue weighted by atomic mass is 32.1. The quantitative estimate of drug-likeness (QED) is 0.681. The third-order valence-electron chi connectivity index (χ3n) is 3.88. The second kappa shape index (κ2) is 6.16. The van der Waals surface area contributed by atoms with E-state index in [0.29, 0.717) is 12.2 Å². The number of hydrogen-bond donors (Lipinski definition) is 0. The highest BCUT2D eigenvalue weighted by molar-refractivity contribution is 7.17. The van der Waals surface area contributed by atoms with Crippen LogP contribution in [0.2, 0.25) is 0 Å². The Kier molecular flexibility index (Phi) is 4.22. The van der Waals surface area contributed by atoms with Crippen LogP contribution >= 0.6 is 11.3 Å². The number of benzene rings is 1. The fraction of sp³-hybridized carbons (Fsp3) is 0.278. The summed E-state index contributed by atoms with van der Waals surface area (Å²) in [6.07, 6.45) is 0. The van der Waals surface area contributed by atoms with E-state index in [4.69, 9.17) is 0 Å². The molecule has 1 amide bonds. The summed E-state index contributed by atoms with van der Waals surface area (Å²) in [5.74, 6) is -0.289. The van der Waals surface area contributed by atoms with Crippen LogP contribution in [0, 0.1) is 5.82 Å². The Morgan fingerprint density at radius 2 is 1.96 bits per heavy atom. The fourth-order valence-electron chi connectivity index (χ4n) is 2.80. The van der Waals surface area contributed by atoms with Crippen molar-refractivity contribution < 1.29 is 9.18 Å². The van der Waals surface area contributed by atoms with Crippen LogP contribution in [-0.2, 0) is 6.54 Å². The molecule has 1 aromatic carbocycles. The number of rotatable bonds is 4. The van der Waals surface area contributed by atoms with Gasteiger partial charge in [-0.15, -0.1) is 11.3 Å². The molecule has 0 saturated carbocycles. The maximum absolute atomic E-state index is 13.0. The number of amides is 1. The number of nitrogens with zero attached hydrogens (tertiary/aromatic N) is 2. The zero-order valence-corrected chi connectivity index (χ0v) is 14.2. The molecular formula is C18H19FN2OS. The minimum absolute atomic E-state index is 0.0218. The average Bonchev–Trinajstić information content (AvgIpc) is 3.08. The summed E-state index contributed by atoms with van der Waals surface area (Å²) in [5.41, 5.74) is 2.71. The molecule has 3 nitrogen and oxygen atoms in total. The van der Waals surface area contributed by atoms with Gasteiger partial charge in [0.15, 0.2) is 0 Å². The van der Waals surface area contributed by atoms with Gasteiger partial charge in [0.1, 0.15) is 11.5 Å². The molecule has 0 spiro atoms. The van der Waals surface area contributed by atoms with Gasteiger partial charge in [-0.1, -0.05) is 12.1 Å². The zero-order chi connectivity index (χ0) is 16.6. The molecule has 0 aliphatic heterocycles. The van der Waals surface area contributed by atoms with Crippen LogP contribution in [0.4, 0.5) is 4.39 Å². The van der Waals surface area contributed by atoms with Gasteiger partial charge in [0.25, 0.3) is 5.91 Å². The van der Waals surface area contributed by atoms with E-state index < -0.39 is 0 Å². The number of fused-ring (bicyclic) bond motifs is 1. The fourth-order valence-corrected chi connectivity index (χ4v) is 3.61. The molecule has 5 heteroatoms. The van der Waals surface area contributed by atoms with Crippen molar-refractivity contribution in [2.45, 2.75) is 26.4 Å². The van der Waals surface area contributed by atoms with Crippen molar-refractivity contribution in [3.63, 3.8) is 0 Å². The SMILES string of the molecule is CC(C)n1c(C(=O)N(C)Cc2ccc(F)cc2)cc2sccc21. The molecule has 0 N–H and O–H groups in total. The predicted octanol–water partition coefficient (Wildman–Crippen LogP) is 4.70. The molecule has 0 aliphatic rings. The number of thiophene rings is 1. The van der Waals surface area contributed by atoms with Gasteiger partial charge < -0.3 is 9.47 Å². The third kappa shape index (κ3) is 3.01. The van der Waals surface area contributed by atoms with Crippen molar-refractivity contribution in [2.24, 2.45) is 0 Å². The monoisotopic (exact) mass is 330 g/mol. The van der Waals surface area contributed by atoms with Crippen LogP contribution in [0.1, 0.15) is 35.9 Å². The Hall–Kier alpha value is -2.14. The van der Waals surface area contributed by atoms with Crippen LogP contribution in [-0.4, -0.2) is 22.4 Å². The smallest absolute Gasteiger partial charge is 0.270 e. The summed E-state index contributed by atoms with van der Waals surface area (Å²) in [6, 6.07) is 10.5. The van der Waals surface area contributed by atoms with Crippen LogP contribution in [0.25, 0.3) is 10.2 Å². The second-order valence-electron chi connectivity index (χ2n) is 5.95. The summed E-state index contributed by atoms with van der Waals surface area (Å²) >= 11 is 1.64. The molecule has 2 heterocycles. The van der Waals surface area contributed by atoms with Gasteiger partial charge in [-0.3, -0.25) is 4.79 Å². The van der Waals surface area contributed by atoms with Gasteiger partial charge in [0, 0.05) is 19.6 Å². The number of halogens is 1. The lowest BCUT2D eigenvalue weighted by atomic mass is 10.2. The Morgan fingerprint density at radius 3 is 2.61 bits per heavy atom. The molecule has 0 atom stereocenters. The number of carbonyl (C=O) groups excluding carboxylic acids is 1. The largest absolute Gasteiger partial charge is 0.336 e. The average molecular weight is 330 g/mol. The highest BCUT2D eigenvalue weighted by Gasteiger charge is 2.21. The van der Waals surface area contributed by atoms with Crippen molar-refractivity contribution in [1.82, 2.24) is 9.47 Å². The lowest BCUT2D eigenvalue weighted by Crippen LogP contribution is -2.28. The van der Waals surface area contributed by atoms with E-state index >= 15 is 0 Å². The van der Waals surface area contributed by atoms with Crippen molar-refractivity contribution in [1.29, 1.82) is 0 Å². The first-order chi connectivity index (χ1) is 11.0. The normalized spacial score (nSPS) is 11.3. The Labute approximate surface area is 139 Å². The van der Waals surface area contributed by atoms with Gasteiger partial charge in [-0.05, 0) is 49.1 Å². The Morgan fingerprint density at radius 1 is 1.26 bits per heavy atom. The lowest BCUT2D eigenvalue weighted by Gasteiger charge is -2.20. The van der Waals surface area contributed by atoms with Crippen molar-refractivity contribution >= 4 is 27.5 Å². The molecule has 3 rings (SSSR count). The summed E-state index contributed by atoms with van der Waals surface area (Å²) in [4.78, 5) is 14.5. The van der Waals surface area contributed by atoms with Crippen LogP contribution in [0.15, 0.2) is 41.8 Å². The van der Waals surface area contributed by atoms with E-state index in [1.807, 2.05) is 11.4 Å². The van der Waals surface area contributed by atoms with Crippen LogP contribution in [0.5, 0.6) is 0 Å². The van der Waals surface area contributed by atoms with Gasteiger partial charge in [-0.25, -0.2) is 4.39 Å². The predicted molar refractivity (Wildman–Crippen MR) is 92.4 cm³/mol. The molecular weight excluding hydrogens is 311 g/mol. The lowest BCUT2D eigenvalue weighted by molar-refractivity contribution is 0.0773. The molecule has 23 heavy (non-hydrogen) atoms. The number of hydrogen-bond acceptors (Lipinski definition) is 2. The molecule has 0 bridgehead atoms. The maximum atomic E-state index is 13.0. The first-order valence-electron chi connectivity index (χ1n) is 7.55.